The molecular formula is C21H27N3O4S. The topological polar surface area (TPSA) is 87.7 Å². The Bertz CT molecular complexity index is 939. The van der Waals surface area contributed by atoms with Crippen LogP contribution >= 0.6 is 0 Å². The van der Waals surface area contributed by atoms with E-state index in [0.717, 1.165) is 12.1 Å². The van der Waals surface area contributed by atoms with Crippen LogP contribution in [-0.2, 0) is 26.0 Å². The van der Waals surface area contributed by atoms with Gasteiger partial charge in [0.1, 0.15) is 6.04 Å². The van der Waals surface area contributed by atoms with Crippen LogP contribution in [0.2, 0.25) is 0 Å². The predicted molar refractivity (Wildman–Crippen MR) is 114 cm³/mol. The van der Waals surface area contributed by atoms with E-state index >= 15 is 0 Å². The van der Waals surface area contributed by atoms with Gasteiger partial charge >= 0.3 is 0 Å². The maximum absolute atomic E-state index is 12.7. The number of anilines is 2. The minimum atomic E-state index is -3.54. The fourth-order valence-electron chi connectivity index (χ4n) is 3.09. The van der Waals surface area contributed by atoms with Crippen LogP contribution < -0.4 is 10.6 Å². The Kier molecular flexibility index (Phi) is 6.89. The van der Waals surface area contributed by atoms with Crippen LogP contribution in [0.5, 0.6) is 0 Å². The lowest BCUT2D eigenvalue weighted by Gasteiger charge is -2.26. The number of nitrogens with one attached hydrogen (secondary N) is 2. The second-order valence-electron chi connectivity index (χ2n) is 6.95. The Morgan fingerprint density at radius 3 is 2.45 bits per heavy atom. The van der Waals surface area contributed by atoms with Crippen LogP contribution in [0.4, 0.5) is 11.4 Å². The number of nitrogens with zero attached hydrogens (tertiary/aromatic N) is 1. The fourth-order valence-corrected chi connectivity index (χ4v) is 4.50. The maximum Gasteiger partial charge on any atom is 0.246 e. The van der Waals surface area contributed by atoms with Gasteiger partial charge in [-0.2, -0.15) is 4.31 Å². The molecule has 1 amide bonds. The van der Waals surface area contributed by atoms with E-state index in [2.05, 4.69) is 17.6 Å². The van der Waals surface area contributed by atoms with Crippen molar-refractivity contribution in [2.45, 2.75) is 31.2 Å². The Labute approximate surface area is 172 Å². The molecule has 1 aliphatic rings. The van der Waals surface area contributed by atoms with Gasteiger partial charge in [0.2, 0.25) is 15.9 Å². The monoisotopic (exact) mass is 417 g/mol. The van der Waals surface area contributed by atoms with Crippen LogP contribution in [0.25, 0.3) is 0 Å². The third-order valence-corrected chi connectivity index (χ3v) is 6.75. The normalized spacial score (nSPS) is 16.2. The van der Waals surface area contributed by atoms with Gasteiger partial charge in [0.25, 0.3) is 0 Å². The molecule has 0 saturated carbocycles. The first kappa shape index (κ1) is 21.3. The first-order valence-electron chi connectivity index (χ1n) is 9.74. The van der Waals surface area contributed by atoms with E-state index in [0.29, 0.717) is 32.0 Å². The summed E-state index contributed by atoms with van der Waals surface area (Å²) in [6.07, 6.45) is 0.926. The molecule has 29 heavy (non-hydrogen) atoms. The average molecular weight is 418 g/mol. The molecule has 2 aromatic rings. The van der Waals surface area contributed by atoms with Gasteiger partial charge in [-0.1, -0.05) is 19.1 Å². The van der Waals surface area contributed by atoms with Gasteiger partial charge in [-0.25, -0.2) is 8.42 Å². The number of benzene rings is 2. The number of carbonyl (C=O) groups excluding carboxylic acids is 1. The first-order valence-corrected chi connectivity index (χ1v) is 11.2. The molecule has 1 fully saturated rings. The van der Waals surface area contributed by atoms with E-state index in [9.17, 15) is 13.2 Å². The summed E-state index contributed by atoms with van der Waals surface area (Å²) < 4.78 is 31.9. The van der Waals surface area contributed by atoms with Gasteiger partial charge in [-0.05, 0) is 55.3 Å². The van der Waals surface area contributed by atoms with E-state index in [-0.39, 0.29) is 10.8 Å². The number of amides is 1. The number of morpholine rings is 1. The van der Waals surface area contributed by atoms with E-state index in [4.69, 9.17) is 4.74 Å². The van der Waals surface area contributed by atoms with Crippen LogP contribution in [0.15, 0.2) is 53.4 Å². The Hall–Kier alpha value is -2.42. The van der Waals surface area contributed by atoms with Crippen molar-refractivity contribution in [3.63, 3.8) is 0 Å². The van der Waals surface area contributed by atoms with Crippen molar-refractivity contribution < 1.29 is 17.9 Å². The molecule has 2 aromatic carbocycles. The lowest BCUT2D eigenvalue weighted by molar-refractivity contribution is -0.116. The average Bonchev–Trinajstić information content (AvgIpc) is 2.75. The molecule has 3 rings (SSSR count). The Morgan fingerprint density at radius 2 is 1.79 bits per heavy atom. The lowest BCUT2D eigenvalue weighted by atomic mass is 10.1. The molecule has 0 aromatic heterocycles. The fraction of sp³-hybridized carbons (Fsp3) is 0.381. The molecule has 2 N–H and O–H groups in total. The molecule has 0 aliphatic carbocycles. The zero-order chi connectivity index (χ0) is 20.9. The first-order chi connectivity index (χ1) is 13.9. The highest BCUT2D eigenvalue weighted by Gasteiger charge is 2.26. The molecule has 0 unspecified atom stereocenters. The van der Waals surface area contributed by atoms with Crippen molar-refractivity contribution in [3.05, 3.63) is 54.1 Å². The maximum atomic E-state index is 12.7. The lowest BCUT2D eigenvalue weighted by Crippen LogP contribution is -2.40. The molecule has 1 saturated heterocycles. The van der Waals surface area contributed by atoms with Gasteiger partial charge in [0, 0.05) is 24.5 Å². The molecular weight excluding hydrogens is 390 g/mol. The largest absolute Gasteiger partial charge is 0.379 e. The SMILES string of the molecule is CCc1cccc(N[C@H](C)C(=O)Nc2ccc(S(=O)(=O)N3CCOCC3)cc2)c1. The molecule has 8 heteroatoms. The molecule has 0 spiro atoms. The zero-order valence-corrected chi connectivity index (χ0v) is 17.5. The van der Waals surface area contributed by atoms with Crippen LogP contribution in [0.1, 0.15) is 19.4 Å². The van der Waals surface area contributed by atoms with Gasteiger partial charge < -0.3 is 15.4 Å². The van der Waals surface area contributed by atoms with E-state index in [1.54, 1.807) is 19.1 Å². The number of sulfonamides is 1. The molecule has 7 nitrogen and oxygen atoms in total. The minimum absolute atomic E-state index is 0.198. The predicted octanol–water partition coefficient (Wildman–Crippen LogP) is 2.71. The summed E-state index contributed by atoms with van der Waals surface area (Å²) in [5.74, 6) is -0.198. The molecule has 1 heterocycles. The van der Waals surface area contributed by atoms with Crippen LogP contribution in [0, 0.1) is 0 Å². The van der Waals surface area contributed by atoms with Crippen molar-refractivity contribution in [1.29, 1.82) is 0 Å². The second kappa shape index (κ2) is 9.39. The van der Waals surface area contributed by atoms with Crippen LogP contribution in [0.3, 0.4) is 0 Å². The minimum Gasteiger partial charge on any atom is -0.379 e. The van der Waals surface area contributed by atoms with Gasteiger partial charge in [-0.15, -0.1) is 0 Å². The summed E-state index contributed by atoms with van der Waals surface area (Å²) in [7, 11) is -3.54. The van der Waals surface area contributed by atoms with Gasteiger partial charge in [-0.3, -0.25) is 4.79 Å². The van der Waals surface area contributed by atoms with Crippen LogP contribution in [-0.4, -0.2) is 51.0 Å². The highest BCUT2D eigenvalue weighted by Crippen LogP contribution is 2.20. The molecule has 156 valence electrons. The summed E-state index contributed by atoms with van der Waals surface area (Å²) in [6.45, 7) is 5.37. The van der Waals surface area contributed by atoms with Crippen molar-refractivity contribution in [2.24, 2.45) is 0 Å². The number of aryl methyl sites for hydroxylation is 1. The highest BCUT2D eigenvalue weighted by atomic mass is 32.2. The van der Waals surface area contributed by atoms with E-state index in [1.165, 1.54) is 22.0 Å². The number of hydrogen-bond acceptors (Lipinski definition) is 5. The van der Waals surface area contributed by atoms with Crippen molar-refractivity contribution in [3.8, 4) is 0 Å². The standard InChI is InChI=1S/C21H27N3O4S/c1-3-17-5-4-6-19(15-17)22-16(2)21(25)23-18-7-9-20(10-8-18)29(26,27)24-11-13-28-14-12-24/h4-10,15-16,22H,3,11-14H2,1-2H3,(H,23,25)/t16-/m1/s1. The van der Waals surface area contributed by atoms with Gasteiger partial charge in [0.15, 0.2) is 0 Å². The molecule has 0 bridgehead atoms. The quantitative estimate of drug-likeness (QED) is 0.723. The van der Waals surface area contributed by atoms with Crippen molar-refractivity contribution in [1.82, 2.24) is 4.31 Å². The summed E-state index contributed by atoms with van der Waals surface area (Å²) in [5, 5.41) is 6.01. The Morgan fingerprint density at radius 1 is 1.10 bits per heavy atom. The smallest absolute Gasteiger partial charge is 0.246 e. The molecule has 1 atom stereocenters. The number of carbonyl (C=O) groups is 1. The zero-order valence-electron chi connectivity index (χ0n) is 16.7. The van der Waals surface area contributed by atoms with Crippen molar-refractivity contribution in [2.75, 3.05) is 36.9 Å². The number of rotatable bonds is 7. The second-order valence-corrected chi connectivity index (χ2v) is 8.89. The van der Waals surface area contributed by atoms with E-state index < -0.39 is 16.1 Å². The summed E-state index contributed by atoms with van der Waals surface area (Å²) in [6, 6.07) is 13.8. The highest BCUT2D eigenvalue weighted by molar-refractivity contribution is 7.89. The third-order valence-electron chi connectivity index (χ3n) is 4.84. The summed E-state index contributed by atoms with van der Waals surface area (Å²) in [5.41, 5.74) is 2.63. The molecule has 1 aliphatic heterocycles. The third kappa shape index (κ3) is 5.35. The van der Waals surface area contributed by atoms with Crippen molar-refractivity contribution >= 4 is 27.3 Å². The number of hydrogen-bond donors (Lipinski definition) is 2. The Balaban J connectivity index is 1.61. The molecule has 0 radical (unpaired) electrons. The van der Waals surface area contributed by atoms with E-state index in [1.807, 2.05) is 24.3 Å². The van der Waals surface area contributed by atoms with Gasteiger partial charge in [0.05, 0.1) is 18.1 Å². The number of ether oxygens (including phenoxy) is 1. The summed E-state index contributed by atoms with van der Waals surface area (Å²) >= 11 is 0. The summed E-state index contributed by atoms with van der Waals surface area (Å²) in [4.78, 5) is 12.7.